The van der Waals surface area contributed by atoms with Crippen LogP contribution < -0.4 is 5.56 Å². The maximum absolute atomic E-state index is 12.8. The second-order valence-electron chi connectivity index (χ2n) is 5.86. The zero-order valence-electron chi connectivity index (χ0n) is 13.7. The first kappa shape index (κ1) is 17.7. The van der Waals surface area contributed by atoms with E-state index in [0.29, 0.717) is 12.6 Å². The number of benzene rings is 1. The maximum atomic E-state index is 12.8. The quantitative estimate of drug-likeness (QED) is 0.778. The van der Waals surface area contributed by atoms with Crippen molar-refractivity contribution in [1.29, 1.82) is 0 Å². The van der Waals surface area contributed by atoms with Gasteiger partial charge in [0.15, 0.2) is 5.50 Å². The van der Waals surface area contributed by atoms with Crippen molar-refractivity contribution in [2.24, 2.45) is 0 Å². The monoisotopic (exact) mass is 366 g/mol. The van der Waals surface area contributed by atoms with Crippen LogP contribution in [0.5, 0.6) is 0 Å². The summed E-state index contributed by atoms with van der Waals surface area (Å²) in [4.78, 5) is 15.4. The molecule has 25 heavy (non-hydrogen) atoms. The molecule has 0 saturated heterocycles. The summed E-state index contributed by atoms with van der Waals surface area (Å²) in [6.45, 7) is 4.49. The highest BCUT2D eigenvalue weighted by Gasteiger charge is 2.33. The molecular weight excluding hydrogens is 349 g/mol. The third kappa shape index (κ3) is 3.61. The number of hydrogen-bond acceptors (Lipinski definition) is 3. The molecule has 2 heterocycles. The Kier molecular flexibility index (Phi) is 4.69. The van der Waals surface area contributed by atoms with Gasteiger partial charge in [0.2, 0.25) is 0 Å². The Balaban J connectivity index is 1.94. The van der Waals surface area contributed by atoms with Crippen LogP contribution in [0.25, 0.3) is 0 Å². The Morgan fingerprint density at radius 3 is 2.40 bits per heavy atom. The molecule has 3 rings (SSSR count). The lowest BCUT2D eigenvalue weighted by molar-refractivity contribution is -0.137. The van der Waals surface area contributed by atoms with E-state index in [2.05, 4.69) is 0 Å². The molecule has 0 saturated carbocycles. The fourth-order valence-electron chi connectivity index (χ4n) is 2.71. The normalized spacial score (nSPS) is 18.1. The molecule has 0 spiro atoms. The van der Waals surface area contributed by atoms with E-state index < -0.39 is 22.8 Å². The van der Waals surface area contributed by atoms with Gasteiger partial charge < -0.3 is 4.90 Å². The van der Waals surface area contributed by atoms with E-state index in [0.717, 1.165) is 22.2 Å². The highest BCUT2D eigenvalue weighted by molar-refractivity contribution is 8.03. The summed E-state index contributed by atoms with van der Waals surface area (Å²) < 4.78 is 39.7. The van der Waals surface area contributed by atoms with Gasteiger partial charge in [-0.05, 0) is 25.5 Å². The van der Waals surface area contributed by atoms with Gasteiger partial charge in [-0.15, -0.1) is 0 Å². The minimum atomic E-state index is -4.52. The largest absolute Gasteiger partial charge is 0.416 e. The lowest BCUT2D eigenvalue weighted by Crippen LogP contribution is -2.32. The van der Waals surface area contributed by atoms with E-state index in [-0.39, 0.29) is 0 Å². The summed E-state index contributed by atoms with van der Waals surface area (Å²) in [5.41, 5.74) is 0.114. The summed E-state index contributed by atoms with van der Waals surface area (Å²) in [7, 11) is 0. The van der Waals surface area contributed by atoms with E-state index in [4.69, 9.17) is 0 Å². The predicted octanol–water partition coefficient (Wildman–Crippen LogP) is 4.82. The van der Waals surface area contributed by atoms with Crippen LogP contribution in [0.1, 0.15) is 30.5 Å². The smallest absolute Gasteiger partial charge is 0.341 e. The van der Waals surface area contributed by atoms with Gasteiger partial charge in [-0.1, -0.05) is 42.1 Å². The molecule has 0 aliphatic carbocycles. The maximum Gasteiger partial charge on any atom is 0.416 e. The molecule has 0 fully saturated rings. The average molecular weight is 366 g/mol. The summed E-state index contributed by atoms with van der Waals surface area (Å²) in [6, 6.07) is 11.4. The molecule has 1 aliphatic heterocycles. The topological polar surface area (TPSA) is 25.2 Å². The molecule has 1 unspecified atom stereocenters. The van der Waals surface area contributed by atoms with Gasteiger partial charge in [0, 0.05) is 29.4 Å². The first-order valence-corrected chi connectivity index (χ1v) is 8.59. The summed E-state index contributed by atoms with van der Waals surface area (Å²) >= 11 is 1.47. The van der Waals surface area contributed by atoms with Crippen molar-refractivity contribution in [3.63, 3.8) is 0 Å². The number of aromatic nitrogens is 1. The van der Waals surface area contributed by atoms with E-state index in [1.165, 1.54) is 22.5 Å². The number of thioether (sulfide) groups is 1. The van der Waals surface area contributed by atoms with Crippen molar-refractivity contribution in [1.82, 2.24) is 9.47 Å². The predicted molar refractivity (Wildman–Crippen MR) is 92.7 cm³/mol. The van der Waals surface area contributed by atoms with Crippen molar-refractivity contribution in [2.75, 3.05) is 0 Å². The third-order valence-electron chi connectivity index (χ3n) is 4.20. The van der Waals surface area contributed by atoms with Crippen LogP contribution in [0, 0.1) is 0 Å². The van der Waals surface area contributed by atoms with Crippen LogP contribution in [0.3, 0.4) is 0 Å². The summed E-state index contributed by atoms with van der Waals surface area (Å²) in [5.74, 6) is 0. The van der Waals surface area contributed by atoms with Gasteiger partial charge in [0.1, 0.15) is 0 Å². The fraction of sp³-hybridized carbons (Fsp3) is 0.278. The number of alkyl halides is 3. The molecule has 0 radical (unpaired) electrons. The lowest BCUT2D eigenvalue weighted by Gasteiger charge is -2.29. The first-order chi connectivity index (χ1) is 11.8. The second kappa shape index (κ2) is 6.63. The molecule has 132 valence electrons. The van der Waals surface area contributed by atoms with Gasteiger partial charge in [-0.3, -0.25) is 9.36 Å². The lowest BCUT2D eigenvalue weighted by atomic mass is 10.2. The molecule has 0 amide bonds. The van der Waals surface area contributed by atoms with Crippen LogP contribution in [-0.2, 0) is 12.7 Å². The van der Waals surface area contributed by atoms with E-state index in [1.54, 1.807) is 0 Å². The second-order valence-corrected chi connectivity index (χ2v) is 7.13. The minimum Gasteiger partial charge on any atom is -0.341 e. The van der Waals surface area contributed by atoms with Crippen molar-refractivity contribution < 1.29 is 13.2 Å². The number of allylic oxidation sites excluding steroid dienone is 2. The highest BCUT2D eigenvalue weighted by atomic mass is 32.2. The van der Waals surface area contributed by atoms with E-state index in [9.17, 15) is 18.0 Å². The number of pyridine rings is 1. The summed E-state index contributed by atoms with van der Waals surface area (Å²) in [6.07, 6.45) is -3.29. The molecule has 0 N–H and O–H groups in total. The zero-order chi connectivity index (χ0) is 18.2. The Hall–Kier alpha value is -2.15. The van der Waals surface area contributed by atoms with Gasteiger partial charge >= 0.3 is 6.18 Å². The Labute approximate surface area is 147 Å². The molecule has 1 aliphatic rings. The molecule has 3 nitrogen and oxygen atoms in total. The van der Waals surface area contributed by atoms with Crippen LogP contribution in [0.2, 0.25) is 0 Å². The van der Waals surface area contributed by atoms with Gasteiger partial charge in [-0.2, -0.15) is 13.2 Å². The molecule has 2 aromatic rings. The number of rotatable bonds is 3. The molecule has 1 aromatic carbocycles. The minimum absolute atomic E-state index is 0.394. The van der Waals surface area contributed by atoms with Crippen LogP contribution in [0.4, 0.5) is 13.2 Å². The third-order valence-corrected chi connectivity index (χ3v) is 5.54. The van der Waals surface area contributed by atoms with Crippen molar-refractivity contribution >= 4 is 11.8 Å². The summed E-state index contributed by atoms with van der Waals surface area (Å²) in [5, 5.41) is 0. The zero-order valence-corrected chi connectivity index (χ0v) is 14.6. The van der Waals surface area contributed by atoms with Crippen LogP contribution >= 0.6 is 11.8 Å². The van der Waals surface area contributed by atoms with Crippen molar-refractivity contribution in [3.8, 4) is 0 Å². The Bertz CT molecular complexity index is 859. The van der Waals surface area contributed by atoms with Crippen LogP contribution in [0.15, 0.2) is 64.1 Å². The molecular formula is C18H17F3N2OS. The van der Waals surface area contributed by atoms with Crippen LogP contribution in [-0.4, -0.2) is 9.47 Å². The van der Waals surface area contributed by atoms with Gasteiger partial charge in [0.25, 0.3) is 5.56 Å². The van der Waals surface area contributed by atoms with Crippen molar-refractivity contribution in [3.05, 3.63) is 80.7 Å². The molecule has 1 atom stereocenters. The first-order valence-electron chi connectivity index (χ1n) is 7.71. The highest BCUT2D eigenvalue weighted by Crippen LogP contribution is 2.44. The van der Waals surface area contributed by atoms with Gasteiger partial charge in [-0.25, -0.2) is 0 Å². The SMILES string of the molecule is CC1=C(C)N(Cc2ccccc2)C(n2ccc(C(F)(F)F)cc2=O)S1. The fourth-order valence-corrected chi connectivity index (χ4v) is 3.96. The molecule has 0 bridgehead atoms. The number of hydrogen-bond donors (Lipinski definition) is 0. The Morgan fingerprint density at radius 2 is 1.80 bits per heavy atom. The Morgan fingerprint density at radius 1 is 1.12 bits per heavy atom. The standard InChI is InChI=1S/C18H17F3N2OS/c1-12-13(2)25-17(23(12)11-14-6-4-3-5-7-14)22-9-8-15(10-16(22)24)18(19,20)21/h3-10,17H,11H2,1-2H3. The molecule has 1 aromatic heterocycles. The van der Waals surface area contributed by atoms with Gasteiger partial charge in [0.05, 0.1) is 5.56 Å². The average Bonchev–Trinajstić information content (AvgIpc) is 2.83. The van der Waals surface area contributed by atoms with E-state index >= 15 is 0 Å². The van der Waals surface area contributed by atoms with Crippen molar-refractivity contribution in [2.45, 2.75) is 32.1 Å². The molecule has 7 heteroatoms. The van der Waals surface area contributed by atoms with E-state index in [1.807, 2.05) is 49.1 Å². The number of halogens is 3. The number of nitrogens with zero attached hydrogens (tertiary/aromatic N) is 2.